The fourth-order valence-electron chi connectivity index (χ4n) is 3.38. The van der Waals surface area contributed by atoms with Crippen LogP contribution in [0.4, 0.5) is 5.82 Å². The highest BCUT2D eigenvalue weighted by Gasteiger charge is 2.25. The number of anilines is 1. The van der Waals surface area contributed by atoms with Crippen LogP contribution in [-0.4, -0.2) is 46.2 Å². The third-order valence-electron chi connectivity index (χ3n) is 4.94. The van der Waals surface area contributed by atoms with Crippen molar-refractivity contribution in [2.75, 3.05) is 31.1 Å². The van der Waals surface area contributed by atoms with Crippen LogP contribution in [-0.2, 0) is 16.6 Å². The number of piperazine rings is 1. The van der Waals surface area contributed by atoms with Gasteiger partial charge in [-0.25, -0.2) is 4.98 Å². The monoisotopic (exact) mass is 409 g/mol. The Morgan fingerprint density at radius 3 is 2.62 bits per heavy atom. The van der Waals surface area contributed by atoms with Crippen molar-refractivity contribution in [1.29, 1.82) is 0 Å². The minimum atomic E-state index is -1.21. The fourth-order valence-corrected chi connectivity index (χ4v) is 4.50. The quantitative estimate of drug-likeness (QED) is 0.647. The van der Waals surface area contributed by atoms with Crippen LogP contribution >= 0.6 is 0 Å². The van der Waals surface area contributed by atoms with E-state index < -0.39 is 10.8 Å². The van der Waals surface area contributed by atoms with Gasteiger partial charge in [-0.15, -0.1) is 0 Å². The predicted molar refractivity (Wildman–Crippen MR) is 112 cm³/mol. The molecule has 1 aromatic carbocycles. The summed E-state index contributed by atoms with van der Waals surface area (Å²) in [7, 11) is -1.21. The first kappa shape index (κ1) is 19.4. The number of aryl methyl sites for hydroxylation is 1. The number of carbonyl (C=O) groups excluding carboxylic acids is 1. The van der Waals surface area contributed by atoms with Crippen LogP contribution in [0.1, 0.15) is 21.9 Å². The van der Waals surface area contributed by atoms with E-state index in [1.54, 1.807) is 23.2 Å². The number of furan rings is 1. The highest BCUT2D eigenvalue weighted by molar-refractivity contribution is 7.84. The van der Waals surface area contributed by atoms with Crippen molar-refractivity contribution in [3.05, 3.63) is 77.9 Å². The van der Waals surface area contributed by atoms with Crippen LogP contribution in [0.25, 0.3) is 0 Å². The van der Waals surface area contributed by atoms with Gasteiger partial charge >= 0.3 is 0 Å². The molecule has 1 atom stereocenters. The first-order valence-electron chi connectivity index (χ1n) is 9.59. The van der Waals surface area contributed by atoms with E-state index in [1.807, 2.05) is 49.4 Å². The Hall–Kier alpha value is -2.93. The lowest BCUT2D eigenvalue weighted by atomic mass is 10.2. The standard InChI is InChI=1S/C22H23N3O3S/c1-17-5-4-6-19(15-17)29(27)16-18-8-9-20(28-18)22(26)25-13-11-24(12-14-25)21-7-2-3-10-23-21/h2-10,15H,11-14,16H2,1H3. The summed E-state index contributed by atoms with van der Waals surface area (Å²) in [5.74, 6) is 1.91. The second kappa shape index (κ2) is 8.61. The second-order valence-electron chi connectivity index (χ2n) is 7.04. The molecule has 0 aliphatic carbocycles. The van der Waals surface area contributed by atoms with Crippen LogP contribution < -0.4 is 4.90 Å². The van der Waals surface area contributed by atoms with Gasteiger partial charge in [0.25, 0.3) is 5.91 Å². The van der Waals surface area contributed by atoms with Crippen LogP contribution in [0.15, 0.2) is 70.1 Å². The van der Waals surface area contributed by atoms with Gasteiger partial charge < -0.3 is 14.2 Å². The third-order valence-corrected chi connectivity index (χ3v) is 6.26. The van der Waals surface area contributed by atoms with Crippen molar-refractivity contribution in [2.45, 2.75) is 17.6 Å². The number of amides is 1. The van der Waals surface area contributed by atoms with E-state index in [9.17, 15) is 9.00 Å². The molecule has 150 valence electrons. The van der Waals surface area contributed by atoms with Gasteiger partial charge in [0.15, 0.2) is 5.76 Å². The SMILES string of the molecule is Cc1cccc(S(=O)Cc2ccc(C(=O)N3CCN(c4ccccn4)CC3)o2)c1. The summed E-state index contributed by atoms with van der Waals surface area (Å²) in [6.45, 7) is 4.65. The lowest BCUT2D eigenvalue weighted by Gasteiger charge is -2.34. The van der Waals surface area contributed by atoms with Crippen molar-refractivity contribution in [1.82, 2.24) is 9.88 Å². The van der Waals surface area contributed by atoms with Gasteiger partial charge in [0.05, 0.1) is 16.6 Å². The molecule has 4 rings (SSSR count). The molecule has 0 bridgehead atoms. The van der Waals surface area contributed by atoms with Crippen LogP contribution in [0.3, 0.4) is 0 Å². The maximum Gasteiger partial charge on any atom is 0.289 e. The molecule has 1 aliphatic heterocycles. The summed E-state index contributed by atoms with van der Waals surface area (Å²) in [5.41, 5.74) is 1.07. The van der Waals surface area contributed by atoms with Gasteiger partial charge in [0.2, 0.25) is 0 Å². The predicted octanol–water partition coefficient (Wildman–Crippen LogP) is 3.25. The summed E-state index contributed by atoms with van der Waals surface area (Å²) >= 11 is 0. The number of carbonyl (C=O) groups is 1. The molecule has 3 aromatic rings. The molecule has 1 aliphatic rings. The summed E-state index contributed by atoms with van der Waals surface area (Å²) in [4.78, 5) is 21.9. The molecule has 1 unspecified atom stereocenters. The van der Waals surface area contributed by atoms with E-state index in [0.29, 0.717) is 24.6 Å². The Labute approximate surface area is 172 Å². The van der Waals surface area contributed by atoms with Gasteiger partial charge in [-0.3, -0.25) is 9.00 Å². The van der Waals surface area contributed by atoms with E-state index in [-0.39, 0.29) is 11.7 Å². The molecular formula is C22H23N3O3S. The molecular weight excluding hydrogens is 386 g/mol. The highest BCUT2D eigenvalue weighted by atomic mass is 32.2. The van der Waals surface area contributed by atoms with Gasteiger partial charge in [0, 0.05) is 37.3 Å². The van der Waals surface area contributed by atoms with Crippen molar-refractivity contribution in [3.8, 4) is 0 Å². The van der Waals surface area contributed by atoms with Crippen LogP contribution in [0.5, 0.6) is 0 Å². The summed E-state index contributed by atoms with van der Waals surface area (Å²) < 4.78 is 18.3. The lowest BCUT2D eigenvalue weighted by molar-refractivity contribution is 0.0713. The number of benzene rings is 1. The first-order valence-corrected chi connectivity index (χ1v) is 10.9. The van der Waals surface area contributed by atoms with E-state index in [0.717, 1.165) is 29.4 Å². The number of hydrogen-bond donors (Lipinski definition) is 0. The Kier molecular flexibility index (Phi) is 5.76. The molecule has 0 spiro atoms. The van der Waals surface area contributed by atoms with Gasteiger partial charge in [-0.2, -0.15) is 0 Å². The maximum atomic E-state index is 12.8. The summed E-state index contributed by atoms with van der Waals surface area (Å²) in [6, 6.07) is 16.9. The largest absolute Gasteiger partial charge is 0.455 e. The molecule has 0 N–H and O–H groups in total. The average molecular weight is 410 g/mol. The first-order chi connectivity index (χ1) is 14.1. The Morgan fingerprint density at radius 2 is 1.90 bits per heavy atom. The van der Waals surface area contributed by atoms with E-state index in [1.165, 1.54) is 0 Å². The van der Waals surface area contributed by atoms with Gasteiger partial charge in [-0.1, -0.05) is 18.2 Å². The zero-order valence-corrected chi connectivity index (χ0v) is 17.1. The molecule has 2 aromatic heterocycles. The smallest absolute Gasteiger partial charge is 0.289 e. The van der Waals surface area contributed by atoms with Gasteiger partial charge in [0.1, 0.15) is 11.6 Å². The fraction of sp³-hybridized carbons (Fsp3) is 0.273. The number of nitrogens with zero attached hydrogens (tertiary/aromatic N) is 3. The molecule has 0 saturated carbocycles. The van der Waals surface area contributed by atoms with Crippen molar-refractivity contribution >= 4 is 22.5 Å². The topological polar surface area (TPSA) is 66.7 Å². The summed E-state index contributed by atoms with van der Waals surface area (Å²) in [5, 5.41) is 0. The Balaban J connectivity index is 1.36. The highest BCUT2D eigenvalue weighted by Crippen LogP contribution is 2.19. The average Bonchev–Trinajstić information content (AvgIpc) is 3.22. The molecule has 1 fully saturated rings. The minimum Gasteiger partial charge on any atom is -0.455 e. The van der Waals surface area contributed by atoms with Crippen molar-refractivity contribution in [2.24, 2.45) is 0 Å². The molecule has 1 amide bonds. The maximum absolute atomic E-state index is 12.8. The minimum absolute atomic E-state index is 0.127. The number of hydrogen-bond acceptors (Lipinski definition) is 5. The number of pyridine rings is 1. The van der Waals surface area contributed by atoms with E-state index in [4.69, 9.17) is 4.42 Å². The van der Waals surface area contributed by atoms with Crippen molar-refractivity contribution < 1.29 is 13.4 Å². The summed E-state index contributed by atoms with van der Waals surface area (Å²) in [6.07, 6.45) is 1.78. The van der Waals surface area contributed by atoms with E-state index in [2.05, 4.69) is 9.88 Å². The zero-order chi connectivity index (χ0) is 20.2. The second-order valence-corrected chi connectivity index (χ2v) is 8.49. The molecule has 6 nitrogen and oxygen atoms in total. The molecule has 3 heterocycles. The number of aromatic nitrogens is 1. The molecule has 7 heteroatoms. The van der Waals surface area contributed by atoms with E-state index >= 15 is 0 Å². The Morgan fingerprint density at radius 1 is 1.07 bits per heavy atom. The number of rotatable bonds is 5. The Bertz CT molecular complexity index is 1010. The molecule has 0 radical (unpaired) electrons. The molecule has 1 saturated heterocycles. The van der Waals surface area contributed by atoms with Crippen LogP contribution in [0.2, 0.25) is 0 Å². The third kappa shape index (κ3) is 4.56. The zero-order valence-electron chi connectivity index (χ0n) is 16.3. The normalized spacial score (nSPS) is 15.3. The van der Waals surface area contributed by atoms with Gasteiger partial charge in [-0.05, 0) is 48.9 Å². The van der Waals surface area contributed by atoms with Crippen molar-refractivity contribution in [3.63, 3.8) is 0 Å². The van der Waals surface area contributed by atoms with Crippen LogP contribution in [0, 0.1) is 6.92 Å². The lowest BCUT2D eigenvalue weighted by Crippen LogP contribution is -2.49. The molecule has 29 heavy (non-hydrogen) atoms.